The zero-order chi connectivity index (χ0) is 22.2. The number of anilines is 4. The van der Waals surface area contributed by atoms with E-state index in [2.05, 4.69) is 37.4 Å². The van der Waals surface area contributed by atoms with E-state index in [0.29, 0.717) is 47.2 Å². The Morgan fingerprint density at radius 1 is 1.31 bits per heavy atom. The summed E-state index contributed by atoms with van der Waals surface area (Å²) in [6.45, 7) is 5.47. The molecule has 2 aliphatic rings. The first-order valence-corrected chi connectivity index (χ1v) is 10.4. The quantitative estimate of drug-likeness (QED) is 0.483. The molecule has 2 aliphatic heterocycles. The molecule has 0 bridgehead atoms. The summed E-state index contributed by atoms with van der Waals surface area (Å²) in [6, 6.07) is 7.25. The van der Waals surface area contributed by atoms with E-state index in [0.717, 1.165) is 24.2 Å². The van der Waals surface area contributed by atoms with Crippen molar-refractivity contribution in [3.63, 3.8) is 0 Å². The maximum absolute atomic E-state index is 12.4. The molecule has 4 heterocycles. The summed E-state index contributed by atoms with van der Waals surface area (Å²) in [5.74, 6) is 1.11. The highest BCUT2D eigenvalue weighted by Gasteiger charge is 2.27. The smallest absolute Gasteiger partial charge is 0.255 e. The van der Waals surface area contributed by atoms with Crippen LogP contribution in [-0.4, -0.2) is 48.5 Å². The average molecular weight is 440 g/mol. The summed E-state index contributed by atoms with van der Waals surface area (Å²) in [4.78, 5) is 23.1. The van der Waals surface area contributed by atoms with Gasteiger partial charge in [-0.3, -0.25) is 4.79 Å². The number of rotatable bonds is 7. The summed E-state index contributed by atoms with van der Waals surface area (Å²) < 4.78 is 30.4. The van der Waals surface area contributed by atoms with Gasteiger partial charge in [-0.05, 0) is 31.0 Å². The van der Waals surface area contributed by atoms with E-state index in [4.69, 9.17) is 4.42 Å². The molecule has 1 unspecified atom stereocenters. The molecule has 0 aliphatic carbocycles. The molecular formula is C22H22F2N6O2. The van der Waals surface area contributed by atoms with E-state index >= 15 is 0 Å². The molecule has 3 N–H and O–H groups in total. The van der Waals surface area contributed by atoms with Crippen LogP contribution in [0.15, 0.2) is 41.5 Å². The number of fused-ring (bicyclic) bond motifs is 2. The Hall–Kier alpha value is -3.53. The number of amides is 1. The number of halogens is 2. The van der Waals surface area contributed by atoms with Gasteiger partial charge in [0.2, 0.25) is 5.95 Å². The van der Waals surface area contributed by atoms with E-state index in [9.17, 15) is 13.6 Å². The lowest BCUT2D eigenvalue weighted by molar-refractivity contribution is -0.110. The second-order valence-electron chi connectivity index (χ2n) is 7.97. The molecule has 5 rings (SSSR count). The van der Waals surface area contributed by atoms with Gasteiger partial charge in [0.25, 0.3) is 12.3 Å². The lowest BCUT2D eigenvalue weighted by atomic mass is 10.1. The maximum Gasteiger partial charge on any atom is 0.255 e. The monoisotopic (exact) mass is 440 g/mol. The number of nitrogens with zero attached hydrogens (tertiary/aromatic N) is 3. The first-order chi connectivity index (χ1) is 15.5. The van der Waals surface area contributed by atoms with Crippen LogP contribution in [0.5, 0.6) is 0 Å². The Labute approximate surface area is 182 Å². The zero-order valence-electron chi connectivity index (χ0n) is 17.2. The van der Waals surface area contributed by atoms with Gasteiger partial charge in [-0.1, -0.05) is 12.6 Å². The maximum atomic E-state index is 12.4. The van der Waals surface area contributed by atoms with Crippen LogP contribution < -0.4 is 20.9 Å². The number of nitrogens with one attached hydrogen (secondary N) is 3. The molecule has 1 atom stereocenters. The normalized spacial score (nSPS) is 18.0. The Balaban J connectivity index is 1.36. The topological polar surface area (TPSA) is 95.3 Å². The highest BCUT2D eigenvalue weighted by atomic mass is 19.3. The lowest BCUT2D eigenvalue weighted by Crippen LogP contribution is -2.29. The fourth-order valence-electron chi connectivity index (χ4n) is 4.14. The number of alkyl halides is 2. The molecule has 2 aromatic heterocycles. The average Bonchev–Trinajstić information content (AvgIpc) is 3.47. The fraction of sp³-hybridized carbons (Fsp3) is 0.318. The summed E-state index contributed by atoms with van der Waals surface area (Å²) >= 11 is 0. The Bertz CT molecular complexity index is 1190. The van der Waals surface area contributed by atoms with E-state index in [1.807, 2.05) is 18.2 Å². The zero-order valence-corrected chi connectivity index (χ0v) is 17.2. The van der Waals surface area contributed by atoms with Crippen LogP contribution in [0, 0.1) is 5.92 Å². The van der Waals surface area contributed by atoms with Crippen LogP contribution in [0.4, 0.5) is 31.9 Å². The van der Waals surface area contributed by atoms with E-state index in [-0.39, 0.29) is 18.4 Å². The van der Waals surface area contributed by atoms with Crippen molar-refractivity contribution in [1.82, 2.24) is 15.3 Å². The van der Waals surface area contributed by atoms with Gasteiger partial charge in [0.05, 0.1) is 18.5 Å². The number of aromatic nitrogens is 2. The van der Waals surface area contributed by atoms with Crippen molar-refractivity contribution in [3.8, 4) is 0 Å². The summed E-state index contributed by atoms with van der Waals surface area (Å²) in [5.41, 5.74) is 3.89. The molecule has 0 radical (unpaired) electrons. The molecule has 1 amide bonds. The minimum Gasteiger partial charge on any atom is -0.459 e. The molecule has 10 heteroatoms. The summed E-state index contributed by atoms with van der Waals surface area (Å²) in [7, 11) is 0. The number of hydrogen-bond donors (Lipinski definition) is 3. The number of carbonyl (C=O) groups excluding carboxylic acids is 1. The molecule has 166 valence electrons. The third-order valence-corrected chi connectivity index (χ3v) is 5.73. The number of hydrogen-bond acceptors (Lipinski definition) is 7. The van der Waals surface area contributed by atoms with Crippen molar-refractivity contribution in [2.24, 2.45) is 5.92 Å². The van der Waals surface area contributed by atoms with Gasteiger partial charge in [0.1, 0.15) is 5.52 Å². The molecule has 0 spiro atoms. The Morgan fingerprint density at radius 2 is 2.19 bits per heavy atom. The van der Waals surface area contributed by atoms with E-state index < -0.39 is 6.43 Å². The van der Waals surface area contributed by atoms with Crippen molar-refractivity contribution in [2.75, 3.05) is 41.7 Å². The first kappa shape index (κ1) is 20.4. The fourth-order valence-corrected chi connectivity index (χ4v) is 4.14. The van der Waals surface area contributed by atoms with Gasteiger partial charge < -0.3 is 25.3 Å². The SMILES string of the molecule is C=C1C(=O)Nc2cc(Nc3nc(N4CCC(CNCC(F)F)C4)c4occc4n3)ccc21. The molecule has 1 aromatic carbocycles. The minimum absolute atomic E-state index is 0.206. The highest BCUT2D eigenvalue weighted by molar-refractivity contribution is 6.31. The van der Waals surface area contributed by atoms with Gasteiger partial charge in [-0.25, -0.2) is 13.8 Å². The van der Waals surface area contributed by atoms with Crippen LogP contribution in [0.3, 0.4) is 0 Å². The molecule has 1 saturated heterocycles. The summed E-state index contributed by atoms with van der Waals surface area (Å²) in [5, 5.41) is 8.81. The van der Waals surface area contributed by atoms with Gasteiger partial charge in [0.15, 0.2) is 11.4 Å². The summed E-state index contributed by atoms with van der Waals surface area (Å²) in [6.07, 6.45) is 0.0944. The molecule has 8 nitrogen and oxygen atoms in total. The number of benzene rings is 1. The first-order valence-electron chi connectivity index (χ1n) is 10.4. The van der Waals surface area contributed by atoms with E-state index in [1.54, 1.807) is 12.3 Å². The standard InChI is InChI=1S/C22H22F2N6O2/c1-12-15-3-2-14(8-17(15)27-21(12)31)26-22-28-16-5-7-32-19(16)20(29-22)30-6-4-13(11-30)9-25-10-18(23)24/h2-3,5,7-8,13,18,25H,1,4,6,9-11H2,(H,27,31)(H,26,28,29). The third kappa shape index (κ3) is 3.89. The van der Waals surface area contributed by atoms with Crippen molar-refractivity contribution in [1.29, 1.82) is 0 Å². The van der Waals surface area contributed by atoms with Crippen molar-refractivity contribution in [2.45, 2.75) is 12.8 Å². The lowest BCUT2D eigenvalue weighted by Gasteiger charge is -2.19. The van der Waals surface area contributed by atoms with Crippen LogP contribution in [0.1, 0.15) is 12.0 Å². The Kier molecular flexibility index (Phi) is 5.22. The van der Waals surface area contributed by atoms with Crippen LogP contribution in [0.2, 0.25) is 0 Å². The highest BCUT2D eigenvalue weighted by Crippen LogP contribution is 2.34. The predicted molar refractivity (Wildman–Crippen MR) is 118 cm³/mol. The molecule has 1 fully saturated rings. The van der Waals surface area contributed by atoms with E-state index in [1.165, 1.54) is 0 Å². The third-order valence-electron chi connectivity index (χ3n) is 5.73. The Morgan fingerprint density at radius 3 is 3.03 bits per heavy atom. The number of furan rings is 1. The van der Waals surface area contributed by atoms with Crippen molar-refractivity contribution >= 4 is 45.7 Å². The second-order valence-corrected chi connectivity index (χ2v) is 7.97. The van der Waals surface area contributed by atoms with Gasteiger partial charge in [0, 0.05) is 36.0 Å². The molecule has 0 saturated carbocycles. The van der Waals surface area contributed by atoms with Crippen molar-refractivity contribution in [3.05, 3.63) is 42.7 Å². The van der Waals surface area contributed by atoms with Gasteiger partial charge in [-0.15, -0.1) is 0 Å². The molecule has 3 aromatic rings. The minimum atomic E-state index is -2.35. The molecular weight excluding hydrogens is 418 g/mol. The van der Waals surface area contributed by atoms with Crippen LogP contribution in [-0.2, 0) is 4.79 Å². The molecule has 32 heavy (non-hydrogen) atoms. The largest absolute Gasteiger partial charge is 0.459 e. The van der Waals surface area contributed by atoms with Crippen LogP contribution >= 0.6 is 0 Å². The van der Waals surface area contributed by atoms with Gasteiger partial charge in [-0.2, -0.15) is 4.98 Å². The van der Waals surface area contributed by atoms with Crippen LogP contribution in [0.25, 0.3) is 16.7 Å². The number of carbonyl (C=O) groups is 1. The van der Waals surface area contributed by atoms with Gasteiger partial charge >= 0.3 is 0 Å². The second kappa shape index (κ2) is 8.19. The van der Waals surface area contributed by atoms with Crippen molar-refractivity contribution < 1.29 is 18.0 Å². The predicted octanol–water partition coefficient (Wildman–Crippen LogP) is 3.61.